The Balaban J connectivity index is 2.96. The predicted molar refractivity (Wildman–Crippen MR) is 51.4 cm³/mol. The predicted octanol–water partition coefficient (Wildman–Crippen LogP) is 1.65. The maximum absolute atomic E-state index is 11.2. The number of aromatic nitrogens is 1. The summed E-state index contributed by atoms with van der Waals surface area (Å²) in [6.45, 7) is 1.92. The molecule has 14 heavy (non-hydrogen) atoms. The van der Waals surface area contributed by atoms with E-state index in [-0.39, 0.29) is 18.0 Å². The Bertz CT molecular complexity index is 371. The Hall–Kier alpha value is -1.30. The molecule has 0 saturated carbocycles. The van der Waals surface area contributed by atoms with Gasteiger partial charge in [-0.05, 0) is 28.9 Å². The number of nitrogens with one attached hydrogen (secondary N) is 1. The van der Waals surface area contributed by atoms with Gasteiger partial charge in [-0.15, -0.1) is 0 Å². The fraction of sp³-hybridized carbons (Fsp3) is 0.250. The van der Waals surface area contributed by atoms with Gasteiger partial charge >= 0.3 is 11.9 Å². The summed E-state index contributed by atoms with van der Waals surface area (Å²) >= 11 is 3.02. The number of halogens is 1. The minimum Gasteiger partial charge on any atom is -0.477 e. The van der Waals surface area contributed by atoms with Crippen LogP contribution in [-0.4, -0.2) is 28.6 Å². The fourth-order valence-corrected chi connectivity index (χ4v) is 1.40. The van der Waals surface area contributed by atoms with Crippen LogP contribution in [0.5, 0.6) is 0 Å². The highest BCUT2D eigenvalue weighted by Gasteiger charge is 2.16. The van der Waals surface area contributed by atoms with Gasteiger partial charge in [-0.3, -0.25) is 0 Å². The molecule has 0 aromatic carbocycles. The van der Waals surface area contributed by atoms with Gasteiger partial charge in [0.2, 0.25) is 0 Å². The van der Waals surface area contributed by atoms with E-state index in [9.17, 15) is 9.59 Å². The first-order chi connectivity index (χ1) is 6.56. The molecule has 5 nitrogen and oxygen atoms in total. The van der Waals surface area contributed by atoms with E-state index in [2.05, 4.69) is 20.9 Å². The van der Waals surface area contributed by atoms with Crippen molar-refractivity contribution in [2.75, 3.05) is 6.61 Å². The van der Waals surface area contributed by atoms with E-state index in [0.29, 0.717) is 4.47 Å². The molecule has 0 aliphatic rings. The zero-order valence-corrected chi connectivity index (χ0v) is 8.92. The summed E-state index contributed by atoms with van der Waals surface area (Å²) < 4.78 is 5.02. The number of carbonyl (C=O) groups is 2. The first-order valence-corrected chi connectivity index (χ1v) is 4.64. The molecule has 0 aliphatic carbocycles. The lowest BCUT2D eigenvalue weighted by Gasteiger charge is -1.96. The molecule has 1 heterocycles. The van der Waals surface area contributed by atoms with Crippen molar-refractivity contribution in [1.82, 2.24) is 4.98 Å². The van der Waals surface area contributed by atoms with E-state index in [1.54, 1.807) is 6.92 Å². The minimum absolute atomic E-state index is 0.0620. The Morgan fingerprint density at radius 1 is 1.64 bits per heavy atom. The van der Waals surface area contributed by atoms with Crippen LogP contribution >= 0.6 is 15.9 Å². The summed E-state index contributed by atoms with van der Waals surface area (Å²) in [5, 5.41) is 8.68. The van der Waals surface area contributed by atoms with Crippen LogP contribution in [0.4, 0.5) is 0 Å². The molecule has 2 N–H and O–H groups in total. The third-order valence-electron chi connectivity index (χ3n) is 1.48. The minimum atomic E-state index is -1.13. The summed E-state index contributed by atoms with van der Waals surface area (Å²) in [5.74, 6) is -1.70. The van der Waals surface area contributed by atoms with Gasteiger partial charge in [0.05, 0.1) is 11.1 Å². The molecule has 1 aromatic heterocycles. The molecule has 76 valence electrons. The molecule has 6 heteroatoms. The van der Waals surface area contributed by atoms with Crippen molar-refractivity contribution in [3.05, 3.63) is 21.9 Å². The lowest BCUT2D eigenvalue weighted by molar-refractivity contribution is 0.0520. The summed E-state index contributed by atoms with van der Waals surface area (Å²) in [6.07, 6.45) is 0. The van der Waals surface area contributed by atoms with Crippen LogP contribution in [0.2, 0.25) is 0 Å². The second kappa shape index (κ2) is 4.28. The molecule has 0 amide bonds. The molecule has 0 atom stereocenters. The Morgan fingerprint density at radius 2 is 2.29 bits per heavy atom. The van der Waals surface area contributed by atoms with Gasteiger partial charge in [-0.25, -0.2) is 9.59 Å². The zero-order chi connectivity index (χ0) is 10.7. The van der Waals surface area contributed by atoms with Crippen LogP contribution < -0.4 is 0 Å². The van der Waals surface area contributed by atoms with Gasteiger partial charge in [0.15, 0.2) is 0 Å². The van der Waals surface area contributed by atoms with Crippen molar-refractivity contribution in [3.8, 4) is 0 Å². The lowest BCUT2D eigenvalue weighted by Crippen LogP contribution is -2.06. The largest absolute Gasteiger partial charge is 0.477 e. The number of H-pyrrole nitrogens is 1. The first-order valence-electron chi connectivity index (χ1n) is 3.85. The molecular weight excluding hydrogens is 254 g/mol. The van der Waals surface area contributed by atoms with Crippen molar-refractivity contribution in [3.63, 3.8) is 0 Å². The van der Waals surface area contributed by atoms with Gasteiger partial charge in [0, 0.05) is 0 Å². The van der Waals surface area contributed by atoms with Crippen LogP contribution in [0.1, 0.15) is 27.9 Å². The summed E-state index contributed by atoms with van der Waals surface area (Å²) in [6, 6.07) is 1.38. The van der Waals surface area contributed by atoms with Gasteiger partial charge in [-0.1, -0.05) is 0 Å². The van der Waals surface area contributed by atoms with E-state index in [0.717, 1.165) is 0 Å². The number of carboxylic acid groups (broad SMARTS) is 1. The third-order valence-corrected chi connectivity index (χ3v) is 2.10. The second-order valence-electron chi connectivity index (χ2n) is 2.43. The molecule has 0 unspecified atom stereocenters. The summed E-state index contributed by atoms with van der Waals surface area (Å²) in [5.41, 5.74) is 0.0594. The lowest BCUT2D eigenvalue weighted by atomic mass is 10.4. The van der Waals surface area contributed by atoms with Crippen molar-refractivity contribution < 1.29 is 19.4 Å². The maximum Gasteiger partial charge on any atom is 0.354 e. The van der Waals surface area contributed by atoms with Crippen LogP contribution in [0.15, 0.2) is 10.5 Å². The highest BCUT2D eigenvalue weighted by molar-refractivity contribution is 9.10. The monoisotopic (exact) mass is 261 g/mol. The normalized spacial score (nSPS) is 9.86. The van der Waals surface area contributed by atoms with Crippen molar-refractivity contribution >= 4 is 27.9 Å². The number of rotatable bonds is 3. The zero-order valence-electron chi connectivity index (χ0n) is 7.33. The van der Waals surface area contributed by atoms with Gasteiger partial charge in [0.1, 0.15) is 11.4 Å². The summed E-state index contributed by atoms with van der Waals surface area (Å²) in [7, 11) is 0. The number of esters is 1. The standard InChI is InChI=1S/C8H8BrNO4/c1-2-14-8(13)5-3-4(9)6(10-5)7(11)12/h3,10H,2H2,1H3,(H,11,12). The average molecular weight is 262 g/mol. The Morgan fingerprint density at radius 3 is 2.71 bits per heavy atom. The topological polar surface area (TPSA) is 79.4 Å². The number of aromatic amines is 1. The quantitative estimate of drug-likeness (QED) is 0.811. The van der Waals surface area contributed by atoms with E-state index < -0.39 is 11.9 Å². The number of carbonyl (C=O) groups excluding carboxylic acids is 1. The van der Waals surface area contributed by atoms with E-state index >= 15 is 0 Å². The number of hydrogen-bond donors (Lipinski definition) is 2. The molecule has 0 saturated heterocycles. The highest BCUT2D eigenvalue weighted by Crippen LogP contribution is 2.18. The smallest absolute Gasteiger partial charge is 0.354 e. The van der Waals surface area contributed by atoms with Crippen LogP contribution in [0, 0.1) is 0 Å². The van der Waals surface area contributed by atoms with Gasteiger partial charge in [0.25, 0.3) is 0 Å². The molecule has 1 rings (SSSR count). The maximum atomic E-state index is 11.2. The number of hydrogen-bond acceptors (Lipinski definition) is 3. The molecular formula is C8H8BrNO4. The molecule has 0 fully saturated rings. The SMILES string of the molecule is CCOC(=O)c1cc(Br)c(C(=O)O)[nH]1. The molecule has 0 aliphatic heterocycles. The third kappa shape index (κ3) is 2.14. The first kappa shape index (κ1) is 10.8. The van der Waals surface area contributed by atoms with Crippen LogP contribution in [0.25, 0.3) is 0 Å². The average Bonchev–Trinajstić information content (AvgIpc) is 2.48. The van der Waals surface area contributed by atoms with E-state index in [1.165, 1.54) is 6.07 Å². The van der Waals surface area contributed by atoms with Crippen molar-refractivity contribution in [2.45, 2.75) is 6.92 Å². The second-order valence-corrected chi connectivity index (χ2v) is 3.29. The highest BCUT2D eigenvalue weighted by atomic mass is 79.9. The fourth-order valence-electron chi connectivity index (χ4n) is 0.904. The van der Waals surface area contributed by atoms with Gasteiger partial charge < -0.3 is 14.8 Å². The van der Waals surface area contributed by atoms with Crippen molar-refractivity contribution in [2.24, 2.45) is 0 Å². The molecule has 0 bridgehead atoms. The van der Waals surface area contributed by atoms with E-state index in [4.69, 9.17) is 9.84 Å². The van der Waals surface area contributed by atoms with Crippen molar-refractivity contribution in [1.29, 1.82) is 0 Å². The number of carboxylic acids is 1. The molecule has 1 aromatic rings. The molecule has 0 radical (unpaired) electrons. The van der Waals surface area contributed by atoms with Crippen LogP contribution in [0.3, 0.4) is 0 Å². The van der Waals surface area contributed by atoms with E-state index in [1.807, 2.05) is 0 Å². The summed E-state index contributed by atoms with van der Waals surface area (Å²) in [4.78, 5) is 24.2. The van der Waals surface area contributed by atoms with Gasteiger partial charge in [-0.2, -0.15) is 0 Å². The Labute approximate surface area is 88.2 Å². The Kier molecular flexibility index (Phi) is 3.29. The molecule has 0 spiro atoms. The van der Waals surface area contributed by atoms with Crippen LogP contribution in [-0.2, 0) is 4.74 Å². The number of ether oxygens (including phenoxy) is 1. The number of aromatic carboxylic acids is 1.